The standard InChI is InChI=1S/C13H17N3O4/c1-9-8-15(7-6-14-9)13(17)10-4-3-5-11(16(18)19)12(10)20-2/h3-5,9,14H,6-8H2,1-2H3/t9-/m0/s1. The third-order valence-corrected chi connectivity index (χ3v) is 3.28. The van der Waals surface area contributed by atoms with Gasteiger partial charge in [-0.05, 0) is 13.0 Å². The molecule has 7 heteroatoms. The summed E-state index contributed by atoms with van der Waals surface area (Å²) < 4.78 is 5.07. The van der Waals surface area contributed by atoms with E-state index < -0.39 is 4.92 Å². The maximum absolute atomic E-state index is 12.5. The van der Waals surface area contributed by atoms with Crippen molar-refractivity contribution in [3.63, 3.8) is 0 Å². The number of nitro benzene ring substituents is 1. The number of piperazine rings is 1. The minimum absolute atomic E-state index is 0.0219. The van der Waals surface area contributed by atoms with Gasteiger partial charge in [0.2, 0.25) is 5.75 Å². The Hall–Kier alpha value is -2.15. The molecular formula is C13H17N3O4. The largest absolute Gasteiger partial charge is 0.490 e. The van der Waals surface area contributed by atoms with Gasteiger partial charge >= 0.3 is 5.69 Å². The number of benzene rings is 1. The Morgan fingerprint density at radius 3 is 2.90 bits per heavy atom. The van der Waals surface area contributed by atoms with E-state index in [0.717, 1.165) is 0 Å². The molecule has 1 aromatic rings. The second-order valence-corrected chi connectivity index (χ2v) is 4.72. The summed E-state index contributed by atoms with van der Waals surface area (Å²) in [5.74, 6) is -0.215. The average molecular weight is 279 g/mol. The molecule has 7 nitrogen and oxygen atoms in total. The topological polar surface area (TPSA) is 84.7 Å². The zero-order valence-corrected chi connectivity index (χ0v) is 11.5. The molecule has 1 N–H and O–H groups in total. The van der Waals surface area contributed by atoms with E-state index in [1.807, 2.05) is 6.92 Å². The van der Waals surface area contributed by atoms with Crippen molar-refractivity contribution in [3.05, 3.63) is 33.9 Å². The number of para-hydroxylation sites is 1. The van der Waals surface area contributed by atoms with Crippen LogP contribution in [0.2, 0.25) is 0 Å². The van der Waals surface area contributed by atoms with Crippen molar-refractivity contribution < 1.29 is 14.5 Å². The minimum atomic E-state index is -0.546. The van der Waals surface area contributed by atoms with Crippen molar-refractivity contribution in [2.45, 2.75) is 13.0 Å². The van der Waals surface area contributed by atoms with Crippen molar-refractivity contribution in [1.29, 1.82) is 0 Å². The number of nitrogens with one attached hydrogen (secondary N) is 1. The highest BCUT2D eigenvalue weighted by Gasteiger charge is 2.27. The summed E-state index contributed by atoms with van der Waals surface area (Å²) >= 11 is 0. The fraction of sp³-hybridized carbons (Fsp3) is 0.462. The molecule has 1 aliphatic heterocycles. The number of hydrogen-bond acceptors (Lipinski definition) is 5. The molecule has 1 aromatic carbocycles. The lowest BCUT2D eigenvalue weighted by Gasteiger charge is -2.32. The van der Waals surface area contributed by atoms with Crippen molar-refractivity contribution in [2.75, 3.05) is 26.7 Å². The molecule has 108 valence electrons. The van der Waals surface area contributed by atoms with Gasteiger partial charge in [-0.25, -0.2) is 0 Å². The maximum Gasteiger partial charge on any atom is 0.311 e. The summed E-state index contributed by atoms with van der Waals surface area (Å²) in [6, 6.07) is 4.59. The van der Waals surface area contributed by atoms with Gasteiger partial charge in [-0.1, -0.05) is 6.07 Å². The quantitative estimate of drug-likeness (QED) is 0.660. The molecule has 0 saturated carbocycles. The molecule has 1 atom stereocenters. The Bertz CT molecular complexity index is 532. The van der Waals surface area contributed by atoms with Gasteiger partial charge in [0, 0.05) is 31.7 Å². The van der Waals surface area contributed by atoms with Crippen molar-refractivity contribution in [1.82, 2.24) is 10.2 Å². The molecule has 0 unspecified atom stereocenters. The van der Waals surface area contributed by atoms with Crippen LogP contribution in [0.3, 0.4) is 0 Å². The second kappa shape index (κ2) is 5.87. The molecule has 0 aromatic heterocycles. The number of rotatable bonds is 3. The summed E-state index contributed by atoms with van der Waals surface area (Å²) in [6.45, 7) is 3.86. The lowest BCUT2D eigenvalue weighted by Crippen LogP contribution is -2.51. The molecule has 20 heavy (non-hydrogen) atoms. The van der Waals surface area contributed by atoms with Crippen LogP contribution in [-0.2, 0) is 0 Å². The Morgan fingerprint density at radius 1 is 1.55 bits per heavy atom. The number of carbonyl (C=O) groups is 1. The van der Waals surface area contributed by atoms with Crippen LogP contribution in [0.25, 0.3) is 0 Å². The first kappa shape index (κ1) is 14.3. The van der Waals surface area contributed by atoms with E-state index in [-0.39, 0.29) is 28.9 Å². The van der Waals surface area contributed by atoms with Crippen LogP contribution >= 0.6 is 0 Å². The van der Waals surface area contributed by atoms with E-state index in [0.29, 0.717) is 19.6 Å². The number of nitrogens with zero attached hydrogens (tertiary/aromatic N) is 2. The van der Waals surface area contributed by atoms with Gasteiger partial charge in [-0.2, -0.15) is 0 Å². The molecule has 0 spiro atoms. The fourth-order valence-corrected chi connectivity index (χ4v) is 2.34. The summed E-state index contributed by atoms with van der Waals surface area (Å²) in [6.07, 6.45) is 0. The van der Waals surface area contributed by atoms with Crippen LogP contribution in [0.5, 0.6) is 5.75 Å². The van der Waals surface area contributed by atoms with Gasteiger partial charge < -0.3 is 15.0 Å². The Kier molecular flexibility index (Phi) is 4.19. The van der Waals surface area contributed by atoms with Gasteiger partial charge in [0.25, 0.3) is 5.91 Å². The predicted octanol–water partition coefficient (Wildman–Crippen LogP) is 1.04. The molecular weight excluding hydrogens is 262 g/mol. The monoisotopic (exact) mass is 279 g/mol. The third kappa shape index (κ3) is 2.72. The lowest BCUT2D eigenvalue weighted by molar-refractivity contribution is -0.385. The van der Waals surface area contributed by atoms with E-state index >= 15 is 0 Å². The van der Waals surface area contributed by atoms with E-state index in [1.54, 1.807) is 11.0 Å². The van der Waals surface area contributed by atoms with Crippen LogP contribution in [0, 0.1) is 10.1 Å². The molecule has 0 aliphatic carbocycles. The summed E-state index contributed by atoms with van der Waals surface area (Å²) in [4.78, 5) is 24.6. The first-order valence-electron chi connectivity index (χ1n) is 6.38. The van der Waals surface area contributed by atoms with E-state index in [4.69, 9.17) is 4.74 Å². The number of methoxy groups -OCH3 is 1. The number of carbonyl (C=O) groups excluding carboxylic acids is 1. The number of amides is 1. The van der Waals surface area contributed by atoms with Crippen LogP contribution < -0.4 is 10.1 Å². The maximum atomic E-state index is 12.5. The Labute approximate surface area is 116 Å². The molecule has 1 aliphatic rings. The van der Waals surface area contributed by atoms with Crippen molar-refractivity contribution in [2.24, 2.45) is 0 Å². The number of ether oxygens (including phenoxy) is 1. The minimum Gasteiger partial charge on any atom is -0.490 e. The zero-order chi connectivity index (χ0) is 14.7. The number of hydrogen-bond donors (Lipinski definition) is 1. The van der Waals surface area contributed by atoms with Gasteiger partial charge in [-0.3, -0.25) is 14.9 Å². The van der Waals surface area contributed by atoms with Crippen molar-refractivity contribution in [3.8, 4) is 5.75 Å². The fourth-order valence-electron chi connectivity index (χ4n) is 2.34. The van der Waals surface area contributed by atoms with E-state index in [9.17, 15) is 14.9 Å². The van der Waals surface area contributed by atoms with Gasteiger partial charge in [0.1, 0.15) is 0 Å². The van der Waals surface area contributed by atoms with Gasteiger partial charge in [0.15, 0.2) is 0 Å². The van der Waals surface area contributed by atoms with Crippen LogP contribution in [0.15, 0.2) is 18.2 Å². The third-order valence-electron chi connectivity index (χ3n) is 3.28. The molecule has 1 saturated heterocycles. The first-order chi connectivity index (χ1) is 9.54. The highest BCUT2D eigenvalue weighted by Crippen LogP contribution is 2.31. The SMILES string of the molecule is COc1c(C(=O)N2CCN[C@@H](C)C2)cccc1[N+](=O)[O-]. The van der Waals surface area contributed by atoms with E-state index in [1.165, 1.54) is 19.2 Å². The molecule has 2 rings (SSSR count). The van der Waals surface area contributed by atoms with Crippen LogP contribution in [-0.4, -0.2) is 48.5 Å². The Morgan fingerprint density at radius 2 is 2.30 bits per heavy atom. The normalized spacial score (nSPS) is 18.7. The second-order valence-electron chi connectivity index (χ2n) is 4.72. The molecule has 1 fully saturated rings. The first-order valence-corrected chi connectivity index (χ1v) is 6.38. The van der Waals surface area contributed by atoms with Gasteiger partial charge in [-0.15, -0.1) is 0 Å². The van der Waals surface area contributed by atoms with Crippen molar-refractivity contribution >= 4 is 11.6 Å². The molecule has 1 amide bonds. The molecule has 0 bridgehead atoms. The summed E-state index contributed by atoms with van der Waals surface area (Å²) in [7, 11) is 1.33. The van der Waals surface area contributed by atoms with E-state index in [2.05, 4.69) is 5.32 Å². The van der Waals surface area contributed by atoms with Gasteiger partial charge in [0.05, 0.1) is 17.6 Å². The number of nitro groups is 1. The lowest BCUT2D eigenvalue weighted by atomic mass is 10.1. The smallest absolute Gasteiger partial charge is 0.311 e. The summed E-state index contributed by atoms with van der Waals surface area (Å²) in [5, 5.41) is 14.2. The zero-order valence-electron chi connectivity index (χ0n) is 11.5. The van der Waals surface area contributed by atoms with Crippen LogP contribution in [0.1, 0.15) is 17.3 Å². The van der Waals surface area contributed by atoms with Crippen LogP contribution in [0.4, 0.5) is 5.69 Å². The predicted molar refractivity (Wildman–Crippen MR) is 73.0 cm³/mol. The molecule has 0 radical (unpaired) electrons. The highest BCUT2D eigenvalue weighted by atomic mass is 16.6. The highest BCUT2D eigenvalue weighted by molar-refractivity contribution is 5.98. The summed E-state index contributed by atoms with van der Waals surface area (Å²) in [5.41, 5.74) is 0.0392. The Balaban J connectivity index is 2.34. The average Bonchev–Trinajstić information content (AvgIpc) is 2.45. The molecule has 1 heterocycles.